The Bertz CT molecular complexity index is 796. The minimum atomic E-state index is -0.0927. The van der Waals surface area contributed by atoms with Crippen LogP contribution in [0.25, 0.3) is 0 Å². The van der Waals surface area contributed by atoms with Crippen LogP contribution in [-0.2, 0) is 12.3 Å². The first-order valence-corrected chi connectivity index (χ1v) is 9.57. The van der Waals surface area contributed by atoms with Crippen molar-refractivity contribution in [3.05, 3.63) is 77.1 Å². The summed E-state index contributed by atoms with van der Waals surface area (Å²) in [7, 11) is 0. The smallest absolute Gasteiger partial charge is 0.191 e. The maximum atomic E-state index is 6.25. The second kappa shape index (κ2) is 8.32. The van der Waals surface area contributed by atoms with E-state index in [9.17, 15) is 0 Å². The summed E-state index contributed by atoms with van der Waals surface area (Å²) in [6.07, 6.45) is 0.843. The third kappa shape index (κ3) is 4.50. The lowest BCUT2D eigenvalue weighted by molar-refractivity contribution is 0.578. The minimum Gasteiger partial charge on any atom is -0.321 e. The molecule has 0 amide bonds. The van der Waals surface area contributed by atoms with E-state index in [0.29, 0.717) is 0 Å². The molecule has 4 nitrogen and oxygen atoms in total. The summed E-state index contributed by atoms with van der Waals surface area (Å²) < 4.78 is 2.16. The van der Waals surface area contributed by atoms with Crippen molar-refractivity contribution in [3.8, 4) is 0 Å². The Morgan fingerprint density at radius 1 is 1.00 bits per heavy atom. The molecule has 25 heavy (non-hydrogen) atoms. The van der Waals surface area contributed by atoms with Gasteiger partial charge in [-0.2, -0.15) is 0 Å². The average Bonchev–Trinajstić information content (AvgIpc) is 3.04. The summed E-state index contributed by atoms with van der Waals surface area (Å²) >= 11 is 1.71. The van der Waals surface area contributed by atoms with E-state index in [1.54, 1.807) is 11.8 Å². The van der Waals surface area contributed by atoms with Gasteiger partial charge in [0, 0.05) is 5.75 Å². The van der Waals surface area contributed by atoms with Gasteiger partial charge in [-0.25, -0.2) is 0 Å². The zero-order valence-corrected chi connectivity index (χ0v) is 15.5. The number of aromatic nitrogens is 3. The highest BCUT2D eigenvalue weighted by molar-refractivity contribution is 7.98. The van der Waals surface area contributed by atoms with E-state index in [-0.39, 0.29) is 6.04 Å². The molecule has 0 bridgehead atoms. The Morgan fingerprint density at radius 2 is 1.72 bits per heavy atom. The highest BCUT2D eigenvalue weighted by Crippen LogP contribution is 2.25. The monoisotopic (exact) mass is 352 g/mol. The van der Waals surface area contributed by atoms with Crippen LogP contribution in [0.2, 0.25) is 0 Å². The summed E-state index contributed by atoms with van der Waals surface area (Å²) in [6.45, 7) is 4.92. The molecule has 5 heteroatoms. The summed E-state index contributed by atoms with van der Waals surface area (Å²) in [6, 6.07) is 18.9. The van der Waals surface area contributed by atoms with Crippen LogP contribution in [0.4, 0.5) is 0 Å². The lowest BCUT2D eigenvalue weighted by Crippen LogP contribution is -2.17. The van der Waals surface area contributed by atoms with Gasteiger partial charge in [-0.1, -0.05) is 78.8 Å². The lowest BCUT2D eigenvalue weighted by atomic mass is 10.2. The van der Waals surface area contributed by atoms with Crippen molar-refractivity contribution in [2.24, 2.45) is 5.73 Å². The van der Waals surface area contributed by atoms with Gasteiger partial charge in [-0.3, -0.25) is 0 Å². The van der Waals surface area contributed by atoms with Gasteiger partial charge in [-0.15, -0.1) is 10.2 Å². The maximum Gasteiger partial charge on any atom is 0.191 e. The molecule has 0 saturated heterocycles. The van der Waals surface area contributed by atoms with E-state index in [2.05, 4.69) is 77.1 Å². The molecule has 3 aromatic rings. The molecule has 1 atom stereocenters. The van der Waals surface area contributed by atoms with Gasteiger partial charge < -0.3 is 10.3 Å². The van der Waals surface area contributed by atoms with Gasteiger partial charge in [0.1, 0.15) is 0 Å². The SMILES string of the molecule is CCC(N)c1nnc(SCc2ccc(C)cc2)n1Cc1ccccc1. The lowest BCUT2D eigenvalue weighted by Gasteiger charge is -2.13. The number of hydrogen-bond donors (Lipinski definition) is 1. The third-order valence-corrected chi connectivity index (χ3v) is 5.23. The fourth-order valence-corrected chi connectivity index (χ4v) is 3.51. The van der Waals surface area contributed by atoms with Crippen LogP contribution in [0.1, 0.15) is 41.9 Å². The van der Waals surface area contributed by atoms with Crippen molar-refractivity contribution < 1.29 is 0 Å². The predicted molar refractivity (Wildman–Crippen MR) is 104 cm³/mol. The zero-order valence-electron chi connectivity index (χ0n) is 14.7. The second-order valence-corrected chi connectivity index (χ2v) is 7.14. The first kappa shape index (κ1) is 17.7. The summed E-state index contributed by atoms with van der Waals surface area (Å²) in [4.78, 5) is 0. The molecule has 2 aromatic carbocycles. The van der Waals surface area contributed by atoms with Gasteiger partial charge in [0.05, 0.1) is 12.6 Å². The Labute approximate surface area is 153 Å². The van der Waals surface area contributed by atoms with E-state index in [1.807, 2.05) is 6.07 Å². The quantitative estimate of drug-likeness (QED) is 0.643. The van der Waals surface area contributed by atoms with Crippen molar-refractivity contribution in [2.45, 2.75) is 43.8 Å². The number of nitrogens with zero attached hydrogens (tertiary/aromatic N) is 3. The van der Waals surface area contributed by atoms with Gasteiger partial charge in [-0.05, 0) is 24.5 Å². The van der Waals surface area contributed by atoms with Crippen LogP contribution < -0.4 is 5.73 Å². The van der Waals surface area contributed by atoms with Crippen LogP contribution >= 0.6 is 11.8 Å². The Kier molecular flexibility index (Phi) is 5.89. The van der Waals surface area contributed by atoms with Crippen LogP contribution in [0.3, 0.4) is 0 Å². The Morgan fingerprint density at radius 3 is 2.40 bits per heavy atom. The molecule has 0 aliphatic heterocycles. The van der Waals surface area contributed by atoms with Crippen LogP contribution in [-0.4, -0.2) is 14.8 Å². The van der Waals surface area contributed by atoms with Crippen molar-refractivity contribution in [2.75, 3.05) is 0 Å². The van der Waals surface area contributed by atoms with Gasteiger partial charge in [0.25, 0.3) is 0 Å². The molecule has 3 rings (SSSR count). The van der Waals surface area contributed by atoms with Crippen LogP contribution in [0.5, 0.6) is 0 Å². The maximum absolute atomic E-state index is 6.25. The standard InChI is InChI=1S/C20H24N4S/c1-3-18(21)19-22-23-20(24(19)13-16-7-5-4-6-8-16)25-14-17-11-9-15(2)10-12-17/h4-12,18H,3,13-14,21H2,1-2H3. The van der Waals surface area contributed by atoms with Crippen molar-refractivity contribution >= 4 is 11.8 Å². The first-order valence-electron chi connectivity index (χ1n) is 8.58. The van der Waals surface area contributed by atoms with E-state index < -0.39 is 0 Å². The number of rotatable bonds is 7. The minimum absolute atomic E-state index is 0.0927. The summed E-state index contributed by atoms with van der Waals surface area (Å²) in [5, 5.41) is 9.71. The van der Waals surface area contributed by atoms with Crippen molar-refractivity contribution in [1.29, 1.82) is 0 Å². The normalized spacial score (nSPS) is 12.3. The Hall–Kier alpha value is -2.11. The fraction of sp³-hybridized carbons (Fsp3) is 0.300. The van der Waals surface area contributed by atoms with Gasteiger partial charge in [0.15, 0.2) is 11.0 Å². The number of hydrogen-bond acceptors (Lipinski definition) is 4. The molecule has 0 fully saturated rings. The summed E-state index contributed by atoms with van der Waals surface area (Å²) in [5.74, 6) is 1.73. The number of benzene rings is 2. The molecule has 1 unspecified atom stereocenters. The molecular formula is C20H24N4S. The molecule has 0 saturated carbocycles. The molecule has 1 heterocycles. The van der Waals surface area contributed by atoms with Gasteiger partial charge in [0.2, 0.25) is 0 Å². The van der Waals surface area contributed by atoms with E-state index in [0.717, 1.165) is 29.7 Å². The van der Waals surface area contributed by atoms with E-state index in [4.69, 9.17) is 5.73 Å². The zero-order chi connectivity index (χ0) is 17.6. The Balaban J connectivity index is 1.82. The van der Waals surface area contributed by atoms with Crippen LogP contribution in [0, 0.1) is 6.92 Å². The molecule has 130 valence electrons. The van der Waals surface area contributed by atoms with E-state index in [1.165, 1.54) is 16.7 Å². The largest absolute Gasteiger partial charge is 0.321 e. The second-order valence-electron chi connectivity index (χ2n) is 6.20. The highest BCUT2D eigenvalue weighted by atomic mass is 32.2. The molecule has 0 aliphatic rings. The summed E-state index contributed by atoms with van der Waals surface area (Å²) in [5.41, 5.74) is 10.0. The van der Waals surface area contributed by atoms with E-state index >= 15 is 0 Å². The van der Waals surface area contributed by atoms with Crippen molar-refractivity contribution in [3.63, 3.8) is 0 Å². The number of aryl methyl sites for hydroxylation is 1. The molecule has 0 aliphatic carbocycles. The first-order chi connectivity index (χ1) is 12.2. The van der Waals surface area contributed by atoms with Gasteiger partial charge >= 0.3 is 0 Å². The molecule has 1 aromatic heterocycles. The van der Waals surface area contributed by atoms with Crippen molar-refractivity contribution in [1.82, 2.24) is 14.8 Å². The highest BCUT2D eigenvalue weighted by Gasteiger charge is 2.17. The molecular weight excluding hydrogens is 328 g/mol. The third-order valence-electron chi connectivity index (χ3n) is 4.19. The molecule has 0 radical (unpaired) electrons. The predicted octanol–water partition coefficient (Wildman–Crippen LogP) is 4.34. The topological polar surface area (TPSA) is 56.7 Å². The molecule has 2 N–H and O–H groups in total. The fourth-order valence-electron chi connectivity index (χ4n) is 2.61. The number of thioether (sulfide) groups is 1. The molecule has 0 spiro atoms. The van der Waals surface area contributed by atoms with Crippen LogP contribution in [0.15, 0.2) is 59.8 Å². The number of nitrogens with two attached hydrogens (primary N) is 1. The average molecular weight is 353 g/mol.